The fourth-order valence-corrected chi connectivity index (χ4v) is 2.33. The number of nitrogens with zero attached hydrogens (tertiary/aromatic N) is 2. The first kappa shape index (κ1) is 13.4. The molecule has 100 valence electrons. The molecule has 0 saturated heterocycles. The van der Waals surface area contributed by atoms with Crippen molar-refractivity contribution in [2.24, 2.45) is 0 Å². The maximum absolute atomic E-state index is 6.08. The van der Waals surface area contributed by atoms with Gasteiger partial charge in [-0.3, -0.25) is 0 Å². The lowest BCUT2D eigenvalue weighted by molar-refractivity contribution is 0.176. The van der Waals surface area contributed by atoms with E-state index in [0.29, 0.717) is 16.9 Å². The van der Waals surface area contributed by atoms with Crippen LogP contribution in [0.3, 0.4) is 0 Å². The second-order valence-electron chi connectivity index (χ2n) is 4.61. The third-order valence-corrected chi connectivity index (χ3v) is 3.39. The van der Waals surface area contributed by atoms with Crippen LogP contribution in [0.2, 0.25) is 5.02 Å². The Morgan fingerprint density at radius 2 is 2.06 bits per heavy atom. The molecule has 1 aliphatic carbocycles. The Morgan fingerprint density at radius 3 is 2.72 bits per heavy atom. The topological polar surface area (TPSA) is 47.0 Å². The summed E-state index contributed by atoms with van der Waals surface area (Å²) in [5.41, 5.74) is 0. The quantitative estimate of drug-likeness (QED) is 0.848. The second kappa shape index (κ2) is 6.78. The standard InChI is InChI=1S/C13H20ClN3O/c1-2-15-13-16-9-11(14)12(17-13)18-10-7-5-3-4-6-8-10/h9-10H,2-8H2,1H3,(H,15,16,17). The van der Waals surface area contributed by atoms with E-state index >= 15 is 0 Å². The molecule has 0 atom stereocenters. The van der Waals surface area contributed by atoms with Gasteiger partial charge in [0, 0.05) is 6.54 Å². The van der Waals surface area contributed by atoms with Gasteiger partial charge in [-0.2, -0.15) is 4.98 Å². The van der Waals surface area contributed by atoms with Gasteiger partial charge in [-0.05, 0) is 32.6 Å². The van der Waals surface area contributed by atoms with Crippen LogP contribution < -0.4 is 10.1 Å². The van der Waals surface area contributed by atoms with E-state index < -0.39 is 0 Å². The normalized spacial score (nSPS) is 17.2. The molecule has 4 nitrogen and oxygen atoms in total. The molecule has 1 saturated carbocycles. The van der Waals surface area contributed by atoms with Crippen LogP contribution in [-0.4, -0.2) is 22.6 Å². The summed E-state index contributed by atoms with van der Waals surface area (Å²) >= 11 is 6.08. The average molecular weight is 270 g/mol. The Balaban J connectivity index is 2.04. The van der Waals surface area contributed by atoms with Crippen molar-refractivity contribution in [3.8, 4) is 5.88 Å². The Kier molecular flexibility index (Phi) is 5.05. The molecule has 1 aliphatic rings. The van der Waals surface area contributed by atoms with Gasteiger partial charge < -0.3 is 10.1 Å². The molecule has 2 rings (SSSR count). The first-order chi connectivity index (χ1) is 8.79. The third-order valence-electron chi connectivity index (χ3n) is 3.13. The zero-order valence-corrected chi connectivity index (χ0v) is 11.5. The third kappa shape index (κ3) is 3.73. The van der Waals surface area contributed by atoms with Gasteiger partial charge >= 0.3 is 0 Å². The van der Waals surface area contributed by atoms with Crippen molar-refractivity contribution in [2.75, 3.05) is 11.9 Å². The molecule has 0 bridgehead atoms. The van der Waals surface area contributed by atoms with E-state index in [1.54, 1.807) is 6.20 Å². The number of aromatic nitrogens is 2. The van der Waals surface area contributed by atoms with Crippen LogP contribution in [0.25, 0.3) is 0 Å². The fourth-order valence-electron chi connectivity index (χ4n) is 2.20. The van der Waals surface area contributed by atoms with E-state index in [4.69, 9.17) is 16.3 Å². The number of nitrogens with one attached hydrogen (secondary N) is 1. The molecule has 1 aromatic rings. The molecule has 0 aliphatic heterocycles. The first-order valence-electron chi connectivity index (χ1n) is 6.72. The zero-order chi connectivity index (χ0) is 12.8. The average Bonchev–Trinajstić information content (AvgIpc) is 2.62. The summed E-state index contributed by atoms with van der Waals surface area (Å²) in [7, 11) is 0. The second-order valence-corrected chi connectivity index (χ2v) is 5.02. The number of hydrogen-bond donors (Lipinski definition) is 1. The summed E-state index contributed by atoms with van der Waals surface area (Å²) in [5, 5.41) is 3.55. The van der Waals surface area contributed by atoms with Gasteiger partial charge in [0.1, 0.15) is 11.1 Å². The lowest BCUT2D eigenvalue weighted by Crippen LogP contribution is -2.16. The van der Waals surface area contributed by atoms with Crippen LogP contribution in [0.15, 0.2) is 6.20 Å². The highest BCUT2D eigenvalue weighted by molar-refractivity contribution is 6.31. The maximum atomic E-state index is 6.08. The van der Waals surface area contributed by atoms with Crippen molar-refractivity contribution in [3.05, 3.63) is 11.2 Å². The van der Waals surface area contributed by atoms with Gasteiger partial charge in [0.05, 0.1) is 6.20 Å². The molecule has 5 heteroatoms. The van der Waals surface area contributed by atoms with Gasteiger partial charge in [-0.15, -0.1) is 0 Å². The lowest BCUT2D eigenvalue weighted by Gasteiger charge is -2.17. The minimum absolute atomic E-state index is 0.245. The number of anilines is 1. The highest BCUT2D eigenvalue weighted by Gasteiger charge is 2.16. The Morgan fingerprint density at radius 1 is 1.33 bits per heavy atom. The van der Waals surface area contributed by atoms with Crippen molar-refractivity contribution in [1.29, 1.82) is 0 Å². The van der Waals surface area contributed by atoms with Crippen molar-refractivity contribution < 1.29 is 4.74 Å². The van der Waals surface area contributed by atoms with Gasteiger partial charge in [0.2, 0.25) is 11.8 Å². The van der Waals surface area contributed by atoms with E-state index in [1.165, 1.54) is 25.7 Å². The van der Waals surface area contributed by atoms with Gasteiger partial charge in [-0.1, -0.05) is 24.4 Å². The zero-order valence-electron chi connectivity index (χ0n) is 10.8. The molecule has 0 spiro atoms. The predicted octanol–water partition coefficient (Wildman–Crippen LogP) is 3.66. The van der Waals surface area contributed by atoms with E-state index in [0.717, 1.165) is 19.4 Å². The lowest BCUT2D eigenvalue weighted by atomic mass is 10.1. The van der Waals surface area contributed by atoms with Gasteiger partial charge in [0.15, 0.2) is 0 Å². The van der Waals surface area contributed by atoms with Crippen molar-refractivity contribution >= 4 is 17.5 Å². The molecular formula is C13H20ClN3O. The van der Waals surface area contributed by atoms with E-state index in [2.05, 4.69) is 15.3 Å². The van der Waals surface area contributed by atoms with Crippen molar-refractivity contribution in [1.82, 2.24) is 9.97 Å². The Labute approximate surface area is 113 Å². The molecule has 0 amide bonds. The molecule has 1 aromatic heterocycles. The van der Waals surface area contributed by atoms with Crippen molar-refractivity contribution in [2.45, 2.75) is 51.6 Å². The SMILES string of the molecule is CCNc1ncc(Cl)c(OC2CCCCCC2)n1. The summed E-state index contributed by atoms with van der Waals surface area (Å²) < 4.78 is 5.93. The molecule has 18 heavy (non-hydrogen) atoms. The van der Waals surface area contributed by atoms with Gasteiger partial charge in [0.25, 0.3) is 0 Å². The van der Waals surface area contributed by atoms with Crippen LogP contribution in [-0.2, 0) is 0 Å². The smallest absolute Gasteiger partial charge is 0.237 e. The maximum Gasteiger partial charge on any atom is 0.237 e. The molecule has 1 N–H and O–H groups in total. The summed E-state index contributed by atoms with van der Waals surface area (Å²) in [4.78, 5) is 8.42. The summed E-state index contributed by atoms with van der Waals surface area (Å²) in [6, 6.07) is 0. The largest absolute Gasteiger partial charge is 0.473 e. The molecule has 1 fully saturated rings. The van der Waals surface area contributed by atoms with E-state index in [1.807, 2.05) is 6.92 Å². The van der Waals surface area contributed by atoms with Gasteiger partial charge in [-0.25, -0.2) is 4.98 Å². The summed E-state index contributed by atoms with van der Waals surface area (Å²) in [6.07, 6.45) is 9.10. The van der Waals surface area contributed by atoms with Crippen LogP contribution in [0.4, 0.5) is 5.95 Å². The molecule has 0 aromatic carbocycles. The molecular weight excluding hydrogens is 250 g/mol. The number of rotatable bonds is 4. The minimum Gasteiger partial charge on any atom is -0.473 e. The predicted molar refractivity (Wildman–Crippen MR) is 73.3 cm³/mol. The monoisotopic (exact) mass is 269 g/mol. The summed E-state index contributed by atoms with van der Waals surface area (Å²) in [5.74, 6) is 1.08. The molecule has 1 heterocycles. The highest BCUT2D eigenvalue weighted by Crippen LogP contribution is 2.27. The first-order valence-corrected chi connectivity index (χ1v) is 7.10. The highest BCUT2D eigenvalue weighted by atomic mass is 35.5. The van der Waals surface area contributed by atoms with Crippen LogP contribution in [0.1, 0.15) is 45.4 Å². The number of halogens is 1. The van der Waals surface area contributed by atoms with Crippen LogP contribution >= 0.6 is 11.6 Å². The fraction of sp³-hybridized carbons (Fsp3) is 0.692. The number of hydrogen-bond acceptors (Lipinski definition) is 4. The number of ether oxygens (including phenoxy) is 1. The van der Waals surface area contributed by atoms with E-state index in [-0.39, 0.29) is 6.10 Å². The van der Waals surface area contributed by atoms with Crippen LogP contribution in [0, 0.1) is 0 Å². The Bertz CT molecular complexity index is 378. The van der Waals surface area contributed by atoms with Crippen LogP contribution in [0.5, 0.6) is 5.88 Å². The molecule has 0 unspecified atom stereocenters. The molecule has 0 radical (unpaired) electrons. The van der Waals surface area contributed by atoms with E-state index in [9.17, 15) is 0 Å². The van der Waals surface area contributed by atoms with Crippen molar-refractivity contribution in [3.63, 3.8) is 0 Å². The summed E-state index contributed by atoms with van der Waals surface area (Å²) in [6.45, 7) is 2.79. The Hall–Kier alpha value is -1.03. The minimum atomic E-state index is 0.245.